The number of hydrogen-bond donors (Lipinski definition) is 0. The summed E-state index contributed by atoms with van der Waals surface area (Å²) in [7, 11) is 0. The summed E-state index contributed by atoms with van der Waals surface area (Å²) in [5.74, 6) is -0.0677. The molecule has 1 aromatic carbocycles. The minimum absolute atomic E-state index is 0.158. The van der Waals surface area contributed by atoms with Gasteiger partial charge in [-0.3, -0.25) is 4.79 Å². The second-order valence-corrected chi connectivity index (χ2v) is 5.60. The van der Waals surface area contributed by atoms with Crippen molar-refractivity contribution < 1.29 is 9.18 Å². The molecule has 1 amide bonds. The number of nitrogens with zero attached hydrogens (tertiary/aromatic N) is 1. The van der Waals surface area contributed by atoms with E-state index in [0.29, 0.717) is 16.9 Å². The van der Waals surface area contributed by atoms with E-state index in [0.717, 1.165) is 6.54 Å². The number of carbonyl (C=O) groups is 1. The fourth-order valence-electron chi connectivity index (χ4n) is 2.18. The highest BCUT2D eigenvalue weighted by Crippen LogP contribution is 2.28. The molecule has 0 aliphatic heterocycles. The van der Waals surface area contributed by atoms with Crippen molar-refractivity contribution in [1.29, 1.82) is 0 Å². The summed E-state index contributed by atoms with van der Waals surface area (Å²) < 4.78 is 14.2. The maximum Gasteiger partial charge on any atom is 0.256 e. The average Bonchev–Trinajstić information content (AvgIpc) is 2.31. The van der Waals surface area contributed by atoms with Gasteiger partial charge in [0.15, 0.2) is 0 Å². The van der Waals surface area contributed by atoms with E-state index in [1.165, 1.54) is 19.3 Å². The van der Waals surface area contributed by atoms with Crippen LogP contribution in [0.25, 0.3) is 0 Å². The predicted octanol–water partition coefficient (Wildman–Crippen LogP) is 3.85. The zero-order valence-electron chi connectivity index (χ0n) is 10.5. The Morgan fingerprint density at radius 3 is 2.78 bits per heavy atom. The average molecular weight is 314 g/mol. The van der Waals surface area contributed by atoms with Gasteiger partial charge in [0.25, 0.3) is 5.91 Å². The number of carbonyl (C=O) groups excluding carboxylic acids is 1. The maximum absolute atomic E-state index is 13.9. The quantitative estimate of drug-likeness (QED) is 0.826. The van der Waals surface area contributed by atoms with E-state index in [9.17, 15) is 9.18 Å². The smallest absolute Gasteiger partial charge is 0.256 e. The van der Waals surface area contributed by atoms with E-state index in [2.05, 4.69) is 15.9 Å². The van der Waals surface area contributed by atoms with E-state index in [-0.39, 0.29) is 11.5 Å². The third-order valence-electron chi connectivity index (χ3n) is 3.55. The molecule has 4 heteroatoms. The van der Waals surface area contributed by atoms with Crippen molar-refractivity contribution >= 4 is 21.8 Å². The molecule has 2 rings (SSSR count). The second-order valence-electron chi connectivity index (χ2n) is 4.74. The van der Waals surface area contributed by atoms with Gasteiger partial charge in [0, 0.05) is 13.1 Å². The molecule has 1 aliphatic rings. The van der Waals surface area contributed by atoms with Crippen LogP contribution in [0.3, 0.4) is 0 Å². The highest BCUT2D eigenvalue weighted by molar-refractivity contribution is 9.10. The summed E-state index contributed by atoms with van der Waals surface area (Å²) >= 11 is 3.12. The van der Waals surface area contributed by atoms with Crippen LogP contribution in [-0.4, -0.2) is 23.9 Å². The van der Waals surface area contributed by atoms with Crippen molar-refractivity contribution in [3.8, 4) is 0 Å². The van der Waals surface area contributed by atoms with Gasteiger partial charge in [0.2, 0.25) is 0 Å². The molecule has 0 atom stereocenters. The van der Waals surface area contributed by atoms with Crippen LogP contribution >= 0.6 is 15.9 Å². The van der Waals surface area contributed by atoms with Crippen molar-refractivity contribution in [2.24, 2.45) is 5.92 Å². The maximum atomic E-state index is 13.9. The first kappa shape index (κ1) is 13.5. The number of rotatable bonds is 4. The Morgan fingerprint density at radius 1 is 1.50 bits per heavy atom. The van der Waals surface area contributed by atoms with Gasteiger partial charge in [-0.05, 0) is 53.7 Å². The molecular formula is C14H17BrFNO. The minimum atomic E-state index is -0.463. The normalized spacial score (nSPS) is 15.3. The molecule has 1 aromatic rings. The lowest BCUT2D eigenvalue weighted by Crippen LogP contribution is -2.37. The first-order valence-electron chi connectivity index (χ1n) is 6.36. The summed E-state index contributed by atoms with van der Waals surface area (Å²) in [5, 5.41) is 0. The van der Waals surface area contributed by atoms with Crippen LogP contribution in [0.15, 0.2) is 22.7 Å². The molecule has 0 heterocycles. The van der Waals surface area contributed by atoms with Gasteiger partial charge in [0.1, 0.15) is 5.82 Å². The van der Waals surface area contributed by atoms with Gasteiger partial charge < -0.3 is 4.90 Å². The van der Waals surface area contributed by atoms with Crippen molar-refractivity contribution in [2.45, 2.75) is 26.2 Å². The van der Waals surface area contributed by atoms with Crippen LogP contribution in [0.1, 0.15) is 36.5 Å². The fraction of sp³-hybridized carbons (Fsp3) is 0.500. The van der Waals surface area contributed by atoms with Crippen LogP contribution in [0.2, 0.25) is 0 Å². The lowest BCUT2D eigenvalue weighted by Gasteiger charge is -2.32. The Balaban J connectivity index is 2.14. The van der Waals surface area contributed by atoms with Gasteiger partial charge >= 0.3 is 0 Å². The molecule has 0 saturated heterocycles. The van der Waals surface area contributed by atoms with Crippen LogP contribution in [0, 0.1) is 11.7 Å². The van der Waals surface area contributed by atoms with Crippen LogP contribution < -0.4 is 0 Å². The molecular weight excluding hydrogens is 297 g/mol. The molecule has 2 nitrogen and oxygen atoms in total. The molecule has 1 fully saturated rings. The summed E-state index contributed by atoms with van der Waals surface area (Å²) in [5.41, 5.74) is 0.158. The Labute approximate surface area is 115 Å². The van der Waals surface area contributed by atoms with Crippen LogP contribution in [0.4, 0.5) is 4.39 Å². The molecule has 0 bridgehead atoms. The fourth-order valence-corrected chi connectivity index (χ4v) is 2.55. The lowest BCUT2D eigenvalue weighted by atomic mass is 9.85. The predicted molar refractivity (Wildman–Crippen MR) is 73.0 cm³/mol. The number of halogens is 2. The van der Waals surface area contributed by atoms with Gasteiger partial charge in [-0.2, -0.15) is 0 Å². The minimum Gasteiger partial charge on any atom is -0.339 e. The van der Waals surface area contributed by atoms with Gasteiger partial charge in [0.05, 0.1) is 10.0 Å². The number of hydrogen-bond acceptors (Lipinski definition) is 1. The van der Waals surface area contributed by atoms with Crippen molar-refractivity contribution in [2.75, 3.05) is 13.1 Å². The Hall–Kier alpha value is -0.900. The molecule has 0 aromatic heterocycles. The van der Waals surface area contributed by atoms with Gasteiger partial charge in [-0.15, -0.1) is 0 Å². The van der Waals surface area contributed by atoms with Crippen LogP contribution in [-0.2, 0) is 0 Å². The van der Waals surface area contributed by atoms with E-state index in [1.807, 2.05) is 6.92 Å². The molecule has 1 aliphatic carbocycles. The Kier molecular flexibility index (Phi) is 4.38. The molecule has 18 heavy (non-hydrogen) atoms. The second kappa shape index (κ2) is 5.83. The SMILES string of the molecule is CCN(CC1CCC1)C(=O)c1cccc(Br)c1F. The topological polar surface area (TPSA) is 20.3 Å². The zero-order valence-corrected chi connectivity index (χ0v) is 12.0. The standard InChI is InChI=1S/C14H17BrFNO/c1-2-17(9-10-5-3-6-10)14(18)11-7-4-8-12(15)13(11)16/h4,7-8,10H,2-3,5-6,9H2,1H3. The van der Waals surface area contributed by atoms with Crippen molar-refractivity contribution in [1.82, 2.24) is 4.90 Å². The van der Waals surface area contributed by atoms with Gasteiger partial charge in [-0.1, -0.05) is 12.5 Å². The van der Waals surface area contributed by atoms with Crippen molar-refractivity contribution in [3.05, 3.63) is 34.1 Å². The highest BCUT2D eigenvalue weighted by Gasteiger charge is 2.25. The summed E-state index contributed by atoms with van der Waals surface area (Å²) in [6, 6.07) is 4.85. The Bertz CT molecular complexity index is 445. The number of benzene rings is 1. The van der Waals surface area contributed by atoms with Crippen LogP contribution in [0.5, 0.6) is 0 Å². The molecule has 98 valence electrons. The summed E-state index contributed by atoms with van der Waals surface area (Å²) in [6.45, 7) is 3.31. The number of amides is 1. The zero-order chi connectivity index (χ0) is 13.1. The molecule has 1 saturated carbocycles. The summed E-state index contributed by atoms with van der Waals surface area (Å²) in [4.78, 5) is 14.0. The molecule has 0 radical (unpaired) electrons. The van der Waals surface area contributed by atoms with E-state index >= 15 is 0 Å². The molecule has 0 unspecified atom stereocenters. The third-order valence-corrected chi connectivity index (χ3v) is 4.17. The molecule has 0 spiro atoms. The Morgan fingerprint density at radius 2 is 2.22 bits per heavy atom. The van der Waals surface area contributed by atoms with Gasteiger partial charge in [-0.25, -0.2) is 4.39 Å². The molecule has 0 N–H and O–H groups in total. The van der Waals surface area contributed by atoms with E-state index in [4.69, 9.17) is 0 Å². The summed E-state index contributed by atoms with van der Waals surface area (Å²) in [6.07, 6.45) is 3.62. The monoisotopic (exact) mass is 313 g/mol. The first-order valence-corrected chi connectivity index (χ1v) is 7.16. The van der Waals surface area contributed by atoms with Crippen molar-refractivity contribution in [3.63, 3.8) is 0 Å². The van der Waals surface area contributed by atoms with E-state index in [1.54, 1.807) is 23.1 Å². The highest BCUT2D eigenvalue weighted by atomic mass is 79.9. The lowest BCUT2D eigenvalue weighted by molar-refractivity contribution is 0.0701. The van der Waals surface area contributed by atoms with E-state index < -0.39 is 5.82 Å². The first-order chi connectivity index (χ1) is 8.63. The third kappa shape index (κ3) is 2.74. The largest absolute Gasteiger partial charge is 0.339 e.